The average molecular weight is 450 g/mol. The molecule has 0 saturated heterocycles. The van der Waals surface area contributed by atoms with E-state index in [4.69, 9.17) is 4.74 Å². The normalized spacial score (nSPS) is 11.3. The van der Waals surface area contributed by atoms with E-state index < -0.39 is 34.3 Å². The van der Waals surface area contributed by atoms with E-state index in [1.54, 1.807) is 26.0 Å². The molecule has 2 N–H and O–H groups in total. The fraction of sp³-hybridized carbons (Fsp3) is 0.333. The largest absolute Gasteiger partial charge is 0.507 e. The van der Waals surface area contributed by atoms with E-state index in [1.165, 1.54) is 10.4 Å². The molecule has 0 aliphatic carbocycles. The van der Waals surface area contributed by atoms with Gasteiger partial charge < -0.3 is 20.1 Å². The van der Waals surface area contributed by atoms with Crippen LogP contribution >= 0.6 is 0 Å². The number of phenolic OH excluding ortho intramolecular Hbond substituents is 1. The number of hydrogen-bond acceptors (Lipinski definition) is 7. The number of nitrogens with zero attached hydrogens (tertiary/aromatic N) is 2. The van der Waals surface area contributed by atoms with Crippen LogP contribution in [-0.4, -0.2) is 63.5 Å². The molecule has 2 rings (SSSR count). The first-order valence-electron chi connectivity index (χ1n) is 9.67. The second-order valence-electron chi connectivity index (χ2n) is 6.83. The fourth-order valence-electron chi connectivity index (χ4n) is 2.80. The summed E-state index contributed by atoms with van der Waals surface area (Å²) in [5.41, 5.74) is 1.15. The molecule has 168 valence electrons. The highest BCUT2D eigenvalue weighted by atomic mass is 32.2. The number of nitrogens with one attached hydrogen (secondary N) is 1. The van der Waals surface area contributed by atoms with E-state index in [0.29, 0.717) is 5.69 Å². The zero-order valence-corrected chi connectivity index (χ0v) is 18.8. The van der Waals surface area contributed by atoms with Gasteiger partial charge in [-0.2, -0.15) is 4.31 Å². The molecule has 0 aliphatic rings. The molecule has 0 fully saturated rings. The lowest BCUT2D eigenvalue weighted by Crippen LogP contribution is -2.30. The summed E-state index contributed by atoms with van der Waals surface area (Å²) >= 11 is 0. The van der Waals surface area contributed by atoms with Crippen molar-refractivity contribution in [3.63, 3.8) is 0 Å². The summed E-state index contributed by atoms with van der Waals surface area (Å²) in [5.74, 6) is -2.02. The first-order chi connectivity index (χ1) is 14.6. The Balaban J connectivity index is 2.07. The van der Waals surface area contributed by atoms with Crippen LogP contribution in [0.1, 0.15) is 24.2 Å². The Morgan fingerprint density at radius 1 is 1.03 bits per heavy atom. The molecule has 2 aromatic carbocycles. The van der Waals surface area contributed by atoms with Crippen LogP contribution in [0.2, 0.25) is 0 Å². The van der Waals surface area contributed by atoms with E-state index in [1.807, 2.05) is 31.1 Å². The Hall–Kier alpha value is -3.11. The van der Waals surface area contributed by atoms with Crippen molar-refractivity contribution in [1.82, 2.24) is 4.31 Å². The smallest absolute Gasteiger partial charge is 0.342 e. The van der Waals surface area contributed by atoms with Crippen LogP contribution in [0.3, 0.4) is 0 Å². The van der Waals surface area contributed by atoms with E-state index in [9.17, 15) is 23.1 Å². The van der Waals surface area contributed by atoms with Gasteiger partial charge in [-0.05, 0) is 42.5 Å². The standard InChI is InChI=1S/C21H27N3O6S/c1-5-24(6-2)31(28,29)17-11-12-19(25)18(13-17)21(27)30-14-20(26)22-15-7-9-16(10-8-15)23(3)4/h7-13,25H,5-6,14H2,1-4H3,(H,22,26). The van der Waals surface area contributed by atoms with E-state index >= 15 is 0 Å². The maximum atomic E-state index is 12.6. The van der Waals surface area contributed by atoms with Gasteiger partial charge in [-0.15, -0.1) is 0 Å². The quantitative estimate of drug-likeness (QED) is 0.564. The first kappa shape index (κ1) is 24.2. The van der Waals surface area contributed by atoms with Crippen LogP contribution in [-0.2, 0) is 19.6 Å². The number of hydrogen-bond donors (Lipinski definition) is 2. The monoisotopic (exact) mass is 449 g/mol. The molecule has 1 amide bonds. The minimum Gasteiger partial charge on any atom is -0.507 e. The predicted molar refractivity (Wildman–Crippen MR) is 118 cm³/mol. The second-order valence-corrected chi connectivity index (χ2v) is 8.77. The van der Waals surface area contributed by atoms with Crippen LogP contribution in [0, 0.1) is 0 Å². The molecule has 0 bridgehead atoms. The number of esters is 1. The predicted octanol–water partition coefficient (Wildman–Crippen LogP) is 2.28. The van der Waals surface area contributed by atoms with Gasteiger partial charge in [-0.1, -0.05) is 13.8 Å². The highest BCUT2D eigenvalue weighted by Crippen LogP contribution is 2.24. The van der Waals surface area contributed by atoms with Crippen LogP contribution < -0.4 is 10.2 Å². The maximum absolute atomic E-state index is 12.6. The molecule has 0 aliphatic heterocycles. The molecular weight excluding hydrogens is 422 g/mol. The van der Waals surface area contributed by atoms with E-state index in [2.05, 4.69) is 5.32 Å². The van der Waals surface area contributed by atoms with Gasteiger partial charge in [0.15, 0.2) is 6.61 Å². The highest BCUT2D eigenvalue weighted by Gasteiger charge is 2.25. The third kappa shape index (κ3) is 5.96. The van der Waals surface area contributed by atoms with Gasteiger partial charge in [-0.25, -0.2) is 13.2 Å². The van der Waals surface area contributed by atoms with Gasteiger partial charge in [-0.3, -0.25) is 4.79 Å². The van der Waals surface area contributed by atoms with Crippen LogP contribution in [0.15, 0.2) is 47.4 Å². The summed E-state index contributed by atoms with van der Waals surface area (Å²) in [6.07, 6.45) is 0. The fourth-order valence-corrected chi connectivity index (χ4v) is 4.29. The van der Waals surface area contributed by atoms with Crippen LogP contribution in [0.4, 0.5) is 11.4 Å². The number of anilines is 2. The highest BCUT2D eigenvalue weighted by molar-refractivity contribution is 7.89. The first-order valence-corrected chi connectivity index (χ1v) is 11.1. The average Bonchev–Trinajstić information content (AvgIpc) is 2.73. The molecule has 2 aromatic rings. The molecule has 0 unspecified atom stereocenters. The number of carbonyl (C=O) groups is 2. The molecule has 10 heteroatoms. The lowest BCUT2D eigenvalue weighted by molar-refractivity contribution is -0.119. The van der Waals surface area contributed by atoms with Gasteiger partial charge >= 0.3 is 5.97 Å². The minimum atomic E-state index is -3.82. The number of phenols is 1. The summed E-state index contributed by atoms with van der Waals surface area (Å²) in [5, 5.41) is 12.6. The molecule has 0 spiro atoms. The topological polar surface area (TPSA) is 116 Å². The molecule has 9 nitrogen and oxygen atoms in total. The molecule has 0 heterocycles. The number of carbonyl (C=O) groups excluding carboxylic acids is 2. The van der Waals surface area contributed by atoms with Gasteiger partial charge in [0.1, 0.15) is 11.3 Å². The van der Waals surface area contributed by atoms with Crippen molar-refractivity contribution in [2.24, 2.45) is 0 Å². The van der Waals surface area contributed by atoms with Crippen LogP contribution in [0.25, 0.3) is 0 Å². The number of amides is 1. The molecule has 31 heavy (non-hydrogen) atoms. The summed E-state index contributed by atoms with van der Waals surface area (Å²) in [4.78, 5) is 26.2. The molecule has 0 aromatic heterocycles. The third-order valence-electron chi connectivity index (χ3n) is 4.53. The Bertz CT molecular complexity index is 1030. The number of aromatic hydroxyl groups is 1. The van der Waals surface area contributed by atoms with Crippen molar-refractivity contribution in [3.05, 3.63) is 48.0 Å². The summed E-state index contributed by atoms with van der Waals surface area (Å²) in [7, 11) is -0.0368. The minimum absolute atomic E-state index is 0.147. The lowest BCUT2D eigenvalue weighted by Gasteiger charge is -2.19. The Morgan fingerprint density at radius 3 is 2.19 bits per heavy atom. The summed E-state index contributed by atoms with van der Waals surface area (Å²) in [6, 6.07) is 10.4. The van der Waals surface area contributed by atoms with Gasteiger partial charge in [0.05, 0.1) is 4.90 Å². The van der Waals surface area contributed by atoms with Crippen molar-refractivity contribution < 1.29 is 27.9 Å². The number of ether oxygens (including phenoxy) is 1. The van der Waals surface area contributed by atoms with Gasteiger partial charge in [0, 0.05) is 38.6 Å². The van der Waals surface area contributed by atoms with Crippen molar-refractivity contribution in [2.45, 2.75) is 18.7 Å². The van der Waals surface area contributed by atoms with E-state index in [0.717, 1.165) is 17.8 Å². The van der Waals surface area contributed by atoms with E-state index in [-0.39, 0.29) is 23.5 Å². The molecule has 0 saturated carbocycles. The summed E-state index contributed by atoms with van der Waals surface area (Å²) in [6.45, 7) is 3.32. The zero-order chi connectivity index (χ0) is 23.2. The number of benzene rings is 2. The van der Waals surface area contributed by atoms with Crippen molar-refractivity contribution in [2.75, 3.05) is 44.0 Å². The third-order valence-corrected chi connectivity index (χ3v) is 6.58. The molecule has 0 radical (unpaired) electrons. The lowest BCUT2D eigenvalue weighted by atomic mass is 10.2. The Morgan fingerprint density at radius 2 is 1.65 bits per heavy atom. The Kier molecular flexibility index (Phi) is 8.01. The molecule has 0 atom stereocenters. The maximum Gasteiger partial charge on any atom is 0.342 e. The van der Waals surface area contributed by atoms with Crippen molar-refractivity contribution in [3.8, 4) is 5.75 Å². The molecular formula is C21H27N3O6S. The Labute approximate surface area is 182 Å². The van der Waals surface area contributed by atoms with Gasteiger partial charge in [0.25, 0.3) is 5.91 Å². The van der Waals surface area contributed by atoms with Crippen molar-refractivity contribution >= 4 is 33.3 Å². The van der Waals surface area contributed by atoms with Gasteiger partial charge in [0.2, 0.25) is 10.0 Å². The number of rotatable bonds is 9. The SMILES string of the molecule is CCN(CC)S(=O)(=O)c1ccc(O)c(C(=O)OCC(=O)Nc2ccc(N(C)C)cc2)c1. The zero-order valence-electron chi connectivity index (χ0n) is 18.0. The summed E-state index contributed by atoms with van der Waals surface area (Å²) < 4.78 is 31.5. The van der Waals surface area contributed by atoms with Crippen LogP contribution in [0.5, 0.6) is 5.75 Å². The second kappa shape index (κ2) is 10.3. The number of sulfonamides is 1. The van der Waals surface area contributed by atoms with Crippen molar-refractivity contribution in [1.29, 1.82) is 0 Å².